The summed E-state index contributed by atoms with van der Waals surface area (Å²) in [7, 11) is 0. The van der Waals surface area contributed by atoms with E-state index in [1.165, 1.54) is 11.8 Å². The largest absolute Gasteiger partial charge is 0.490 e. The van der Waals surface area contributed by atoms with Crippen molar-refractivity contribution >= 4 is 5.78 Å². The summed E-state index contributed by atoms with van der Waals surface area (Å²) in [6.07, 6.45) is 0.479. The maximum absolute atomic E-state index is 11.7. The van der Waals surface area contributed by atoms with Gasteiger partial charge in [0.1, 0.15) is 25.0 Å². The van der Waals surface area contributed by atoms with Gasteiger partial charge >= 0.3 is 0 Å². The molecule has 0 spiro atoms. The number of para-hydroxylation sites is 1. The molecular weight excluding hydrogens is 318 g/mol. The summed E-state index contributed by atoms with van der Waals surface area (Å²) in [6, 6.07) is 7.10. The van der Waals surface area contributed by atoms with E-state index in [0.717, 1.165) is 0 Å². The highest BCUT2D eigenvalue weighted by Crippen LogP contribution is 2.24. The van der Waals surface area contributed by atoms with Crippen LogP contribution < -0.4 is 9.64 Å². The highest BCUT2D eigenvalue weighted by Gasteiger charge is 2.49. The second-order valence-electron chi connectivity index (χ2n) is 8.53. The highest BCUT2D eigenvalue weighted by atomic mass is 16.5. The smallest absolute Gasteiger partial charge is 0.163 e. The van der Waals surface area contributed by atoms with Crippen molar-refractivity contribution < 1.29 is 24.6 Å². The number of aliphatic hydroxyl groups excluding tert-OH is 2. The van der Waals surface area contributed by atoms with E-state index in [1.807, 2.05) is 6.07 Å². The molecule has 1 fully saturated rings. The van der Waals surface area contributed by atoms with E-state index in [1.54, 1.807) is 18.2 Å². The van der Waals surface area contributed by atoms with E-state index in [2.05, 4.69) is 27.7 Å². The highest BCUT2D eigenvalue weighted by molar-refractivity contribution is 5.96. The normalized spacial score (nSPS) is 26.0. The van der Waals surface area contributed by atoms with Gasteiger partial charge in [0.15, 0.2) is 5.78 Å². The van der Waals surface area contributed by atoms with Crippen LogP contribution in [-0.4, -0.2) is 52.4 Å². The van der Waals surface area contributed by atoms with Gasteiger partial charge in [-0.3, -0.25) is 4.79 Å². The van der Waals surface area contributed by atoms with Crippen LogP contribution >= 0.6 is 0 Å². The van der Waals surface area contributed by atoms with E-state index in [-0.39, 0.29) is 29.6 Å². The van der Waals surface area contributed by atoms with Crippen LogP contribution in [0.3, 0.4) is 0 Å². The quantitative estimate of drug-likeness (QED) is 0.675. The lowest BCUT2D eigenvalue weighted by Gasteiger charge is -2.51. The number of Topliss-reactive ketones (excluding diaryl/α,β-unsaturated/α-hetero) is 1. The molecule has 1 aliphatic heterocycles. The van der Waals surface area contributed by atoms with Gasteiger partial charge in [-0.1, -0.05) is 12.1 Å². The van der Waals surface area contributed by atoms with Crippen LogP contribution in [0.15, 0.2) is 24.3 Å². The van der Waals surface area contributed by atoms with Gasteiger partial charge in [-0.05, 0) is 46.8 Å². The first-order chi connectivity index (χ1) is 11.5. The zero-order valence-corrected chi connectivity index (χ0v) is 16.0. The molecule has 0 unspecified atom stereocenters. The molecule has 1 aromatic carbocycles. The molecule has 140 valence electrons. The van der Waals surface area contributed by atoms with Gasteiger partial charge in [-0.25, -0.2) is 0 Å². The summed E-state index contributed by atoms with van der Waals surface area (Å²) in [6.45, 7) is 10.7. The molecule has 25 heavy (non-hydrogen) atoms. The average molecular weight is 350 g/mol. The third-order valence-electron chi connectivity index (χ3n) is 5.26. The Bertz CT molecular complexity index is 593. The summed E-state index contributed by atoms with van der Waals surface area (Å²) in [5, 5.41) is 20.7. The van der Waals surface area contributed by atoms with Gasteiger partial charge in [0.05, 0.1) is 22.7 Å². The molecule has 1 heterocycles. The van der Waals surface area contributed by atoms with Gasteiger partial charge in [0.25, 0.3) is 0 Å². The summed E-state index contributed by atoms with van der Waals surface area (Å²) in [5.74, 6) is 0.458. The van der Waals surface area contributed by atoms with E-state index in [9.17, 15) is 15.0 Å². The first-order valence-corrected chi connectivity index (χ1v) is 8.98. The standard InChI is InChI=1S/C20H31NO4/c1-14(22)17-8-6-7-9-18(17)25-13-16(24)12-21-19(2,3)10-15(23)11-20(21,4)5/h6-9,15-16,23-24H,10-13H2,1-5H3/p+1/t16-/m0/s1. The molecule has 0 amide bonds. The predicted octanol–water partition coefficient (Wildman–Crippen LogP) is 1.23. The number of ether oxygens (including phenoxy) is 1. The summed E-state index contributed by atoms with van der Waals surface area (Å²) >= 11 is 0. The van der Waals surface area contributed by atoms with Crippen LogP contribution in [0.4, 0.5) is 0 Å². The summed E-state index contributed by atoms with van der Waals surface area (Å²) < 4.78 is 5.73. The summed E-state index contributed by atoms with van der Waals surface area (Å²) in [4.78, 5) is 12.9. The minimum atomic E-state index is -0.649. The van der Waals surface area contributed by atoms with Crippen molar-refractivity contribution in [2.45, 2.75) is 70.7 Å². The molecular formula is C20H32NO4+. The number of hydrogen-bond acceptors (Lipinski definition) is 4. The number of benzene rings is 1. The zero-order valence-electron chi connectivity index (χ0n) is 16.0. The molecule has 1 atom stereocenters. The SMILES string of the molecule is CC(=O)c1ccccc1OC[C@@H](O)C[NH+]1C(C)(C)CC(O)CC1(C)C. The molecule has 0 aliphatic carbocycles. The van der Waals surface area contributed by atoms with Crippen molar-refractivity contribution in [3.05, 3.63) is 29.8 Å². The van der Waals surface area contributed by atoms with E-state index < -0.39 is 6.10 Å². The Morgan fingerprint density at radius 2 is 1.80 bits per heavy atom. The monoisotopic (exact) mass is 350 g/mol. The fourth-order valence-electron chi connectivity index (χ4n) is 4.33. The molecule has 0 bridgehead atoms. The molecule has 1 aromatic rings. The molecule has 2 rings (SSSR count). The number of aliphatic hydroxyl groups is 2. The second kappa shape index (κ2) is 7.44. The zero-order chi connectivity index (χ0) is 18.8. The minimum Gasteiger partial charge on any atom is -0.490 e. The Balaban J connectivity index is 2.02. The number of piperidine rings is 1. The second-order valence-corrected chi connectivity index (χ2v) is 8.53. The lowest BCUT2D eigenvalue weighted by Crippen LogP contribution is -3.27. The van der Waals surface area contributed by atoms with E-state index in [4.69, 9.17) is 4.74 Å². The molecule has 3 N–H and O–H groups in total. The van der Waals surface area contributed by atoms with Gasteiger partial charge in [0, 0.05) is 12.8 Å². The van der Waals surface area contributed by atoms with Gasteiger partial charge in [-0.2, -0.15) is 0 Å². The predicted molar refractivity (Wildman–Crippen MR) is 97.2 cm³/mol. The lowest BCUT2D eigenvalue weighted by atomic mass is 9.78. The molecule has 0 saturated carbocycles. The van der Waals surface area contributed by atoms with Crippen molar-refractivity contribution in [1.29, 1.82) is 0 Å². The van der Waals surface area contributed by atoms with Crippen molar-refractivity contribution in [3.63, 3.8) is 0 Å². The van der Waals surface area contributed by atoms with Crippen molar-refractivity contribution in [2.24, 2.45) is 0 Å². The Labute approximate surface area is 150 Å². The Morgan fingerprint density at radius 1 is 1.24 bits per heavy atom. The Morgan fingerprint density at radius 3 is 2.36 bits per heavy atom. The number of rotatable bonds is 6. The van der Waals surface area contributed by atoms with Crippen LogP contribution in [0.25, 0.3) is 0 Å². The minimum absolute atomic E-state index is 0.0528. The topological polar surface area (TPSA) is 71.2 Å². The number of nitrogens with one attached hydrogen (secondary N) is 1. The van der Waals surface area contributed by atoms with Gasteiger partial charge in [-0.15, -0.1) is 0 Å². The van der Waals surface area contributed by atoms with E-state index in [0.29, 0.717) is 30.7 Å². The fourth-order valence-corrected chi connectivity index (χ4v) is 4.33. The van der Waals surface area contributed by atoms with Crippen molar-refractivity contribution in [3.8, 4) is 5.75 Å². The maximum atomic E-state index is 11.7. The average Bonchev–Trinajstić information content (AvgIpc) is 2.48. The molecule has 0 radical (unpaired) electrons. The molecule has 5 nitrogen and oxygen atoms in total. The van der Waals surface area contributed by atoms with Gasteiger partial charge in [0.2, 0.25) is 0 Å². The van der Waals surface area contributed by atoms with Crippen LogP contribution in [0.2, 0.25) is 0 Å². The van der Waals surface area contributed by atoms with Crippen LogP contribution in [0.5, 0.6) is 5.75 Å². The van der Waals surface area contributed by atoms with Crippen molar-refractivity contribution in [1.82, 2.24) is 0 Å². The maximum Gasteiger partial charge on any atom is 0.163 e. The number of quaternary nitrogens is 1. The summed E-state index contributed by atoms with van der Waals surface area (Å²) in [5.41, 5.74) is 0.280. The molecule has 5 heteroatoms. The first-order valence-electron chi connectivity index (χ1n) is 8.98. The Hall–Kier alpha value is -1.43. The van der Waals surface area contributed by atoms with E-state index >= 15 is 0 Å². The van der Waals surface area contributed by atoms with Crippen LogP contribution in [-0.2, 0) is 0 Å². The van der Waals surface area contributed by atoms with Crippen LogP contribution in [0.1, 0.15) is 57.8 Å². The molecule has 0 aromatic heterocycles. The number of hydrogen-bond donors (Lipinski definition) is 3. The number of likely N-dealkylation sites (tertiary alicyclic amines) is 1. The number of carbonyl (C=O) groups is 1. The molecule has 1 saturated heterocycles. The Kier molecular flexibility index (Phi) is 5.92. The molecule has 1 aliphatic rings. The third kappa shape index (κ3) is 4.81. The number of ketones is 1. The lowest BCUT2D eigenvalue weighted by molar-refractivity contribution is -1.00. The number of carbonyl (C=O) groups excluding carboxylic acids is 1. The van der Waals surface area contributed by atoms with Gasteiger partial charge < -0.3 is 19.8 Å². The first kappa shape index (κ1) is 19.9. The third-order valence-corrected chi connectivity index (χ3v) is 5.26. The fraction of sp³-hybridized carbons (Fsp3) is 0.650. The van der Waals surface area contributed by atoms with Crippen LogP contribution in [0, 0.1) is 0 Å². The van der Waals surface area contributed by atoms with Crippen molar-refractivity contribution in [2.75, 3.05) is 13.2 Å².